The Morgan fingerprint density at radius 3 is 2.11 bits per heavy atom. The molecular weight excluding hydrogens is 509 g/mol. The Bertz CT molecular complexity index is 1160. The topological polar surface area (TPSA) is 86.8 Å². The minimum atomic E-state index is -3.81. The van der Waals surface area contributed by atoms with E-state index in [-0.39, 0.29) is 18.5 Å². The molecule has 0 saturated heterocycles. The van der Waals surface area contributed by atoms with Gasteiger partial charge in [0.25, 0.3) is 0 Å². The fraction of sp³-hybridized carbons (Fsp3) is 0.440. The van der Waals surface area contributed by atoms with Crippen molar-refractivity contribution in [3.8, 4) is 0 Å². The second-order valence-corrected chi connectivity index (χ2v) is 11.5. The van der Waals surface area contributed by atoms with Gasteiger partial charge in [0.2, 0.25) is 21.8 Å². The van der Waals surface area contributed by atoms with Crippen LogP contribution in [0.2, 0.25) is 10.0 Å². The smallest absolute Gasteiger partial charge is 0.244 e. The molecule has 1 atom stereocenters. The molecule has 2 aromatic rings. The van der Waals surface area contributed by atoms with E-state index in [2.05, 4.69) is 5.32 Å². The molecule has 192 valence electrons. The molecule has 2 amide bonds. The van der Waals surface area contributed by atoms with Crippen molar-refractivity contribution in [1.29, 1.82) is 0 Å². The maximum absolute atomic E-state index is 13.7. The van der Waals surface area contributed by atoms with Crippen molar-refractivity contribution >= 4 is 50.7 Å². The van der Waals surface area contributed by atoms with Gasteiger partial charge in [-0.1, -0.05) is 48.3 Å². The molecule has 0 aromatic heterocycles. The molecule has 0 saturated carbocycles. The zero-order valence-corrected chi connectivity index (χ0v) is 23.3. The van der Waals surface area contributed by atoms with Crippen molar-refractivity contribution in [3.05, 3.63) is 63.1 Å². The number of amides is 2. The van der Waals surface area contributed by atoms with Gasteiger partial charge in [-0.15, -0.1) is 0 Å². The monoisotopic (exact) mass is 541 g/mol. The molecule has 0 radical (unpaired) electrons. The molecule has 7 nitrogen and oxygen atoms in total. The van der Waals surface area contributed by atoms with Crippen LogP contribution in [0.15, 0.2) is 36.4 Å². The summed E-state index contributed by atoms with van der Waals surface area (Å²) in [7, 11) is -3.81. The SMILES string of the molecule is CC[C@@H](C(=O)NC(C)C)N(Cc1c(Cl)cccc1Cl)C(=O)CN(c1cccc(C)c1C)S(C)(=O)=O. The highest BCUT2D eigenvalue weighted by atomic mass is 35.5. The van der Waals surface area contributed by atoms with E-state index in [1.54, 1.807) is 44.2 Å². The first-order valence-electron chi connectivity index (χ1n) is 11.3. The molecule has 2 aromatic carbocycles. The second-order valence-electron chi connectivity index (χ2n) is 8.80. The number of benzene rings is 2. The number of hydrogen-bond donors (Lipinski definition) is 1. The van der Waals surface area contributed by atoms with Crippen molar-refractivity contribution in [3.63, 3.8) is 0 Å². The summed E-state index contributed by atoms with van der Waals surface area (Å²) >= 11 is 12.7. The Morgan fingerprint density at radius 2 is 1.60 bits per heavy atom. The summed E-state index contributed by atoms with van der Waals surface area (Å²) in [6, 6.07) is 9.28. The molecule has 0 fully saturated rings. The van der Waals surface area contributed by atoms with Crippen molar-refractivity contribution in [2.75, 3.05) is 17.1 Å². The molecular formula is C25H33Cl2N3O4S. The van der Waals surface area contributed by atoms with Crippen LogP contribution in [-0.4, -0.2) is 50.0 Å². The third kappa shape index (κ3) is 7.35. The van der Waals surface area contributed by atoms with E-state index in [9.17, 15) is 18.0 Å². The third-order valence-corrected chi connectivity index (χ3v) is 7.57. The number of sulfonamides is 1. The van der Waals surface area contributed by atoms with E-state index in [0.717, 1.165) is 21.7 Å². The summed E-state index contributed by atoms with van der Waals surface area (Å²) < 4.78 is 26.6. The standard InChI is InChI=1S/C25H33Cl2N3O4S/c1-7-22(25(32)28-16(2)3)29(14-19-20(26)11-9-12-21(19)27)24(31)15-30(35(6,33)34)23-13-8-10-17(4)18(23)5/h8-13,16,22H,7,14-15H2,1-6H3,(H,28,32)/t22-/m0/s1. The van der Waals surface area contributed by atoms with Gasteiger partial charge in [0.15, 0.2) is 0 Å². The van der Waals surface area contributed by atoms with Gasteiger partial charge in [-0.3, -0.25) is 13.9 Å². The predicted molar refractivity (Wildman–Crippen MR) is 142 cm³/mol. The number of carbonyl (C=O) groups is 2. The largest absolute Gasteiger partial charge is 0.352 e. The van der Waals surface area contributed by atoms with Gasteiger partial charge in [0.1, 0.15) is 12.6 Å². The number of rotatable bonds is 10. The molecule has 0 unspecified atom stereocenters. The summed E-state index contributed by atoms with van der Waals surface area (Å²) in [5.41, 5.74) is 2.54. The second kappa shape index (κ2) is 12.1. The zero-order chi connectivity index (χ0) is 26.5. The molecule has 2 rings (SSSR count). The molecule has 0 aliphatic carbocycles. The van der Waals surface area contributed by atoms with E-state index >= 15 is 0 Å². The highest BCUT2D eigenvalue weighted by molar-refractivity contribution is 7.92. The molecule has 0 aliphatic rings. The number of carbonyl (C=O) groups excluding carboxylic acids is 2. The first-order valence-corrected chi connectivity index (χ1v) is 13.9. The normalized spacial score (nSPS) is 12.4. The molecule has 10 heteroatoms. The van der Waals surface area contributed by atoms with Crippen molar-refractivity contribution in [1.82, 2.24) is 10.2 Å². The maximum Gasteiger partial charge on any atom is 0.244 e. The van der Waals surface area contributed by atoms with Gasteiger partial charge in [-0.05, 0) is 63.4 Å². The average Bonchev–Trinajstić information content (AvgIpc) is 2.74. The summed E-state index contributed by atoms with van der Waals surface area (Å²) in [6.07, 6.45) is 1.37. The highest BCUT2D eigenvalue weighted by Gasteiger charge is 2.33. The number of anilines is 1. The van der Waals surface area contributed by atoms with Gasteiger partial charge < -0.3 is 10.2 Å². The number of hydrogen-bond acceptors (Lipinski definition) is 4. The van der Waals surface area contributed by atoms with Gasteiger partial charge >= 0.3 is 0 Å². The van der Waals surface area contributed by atoms with Crippen LogP contribution in [0.1, 0.15) is 43.9 Å². The number of nitrogens with zero attached hydrogens (tertiary/aromatic N) is 2. The molecule has 1 N–H and O–H groups in total. The van der Waals surface area contributed by atoms with Gasteiger partial charge in [0.05, 0.1) is 11.9 Å². The van der Waals surface area contributed by atoms with Gasteiger partial charge in [-0.25, -0.2) is 8.42 Å². The van der Waals surface area contributed by atoms with E-state index in [4.69, 9.17) is 23.2 Å². The fourth-order valence-electron chi connectivity index (χ4n) is 3.75. The molecule has 0 spiro atoms. The van der Waals surface area contributed by atoms with E-state index in [1.807, 2.05) is 26.8 Å². The van der Waals surface area contributed by atoms with E-state index in [1.165, 1.54) is 4.90 Å². The number of aryl methyl sites for hydroxylation is 1. The third-order valence-electron chi connectivity index (χ3n) is 5.73. The van der Waals surface area contributed by atoms with E-state index in [0.29, 0.717) is 27.7 Å². The van der Waals surface area contributed by atoms with Crippen LogP contribution in [-0.2, 0) is 26.2 Å². The summed E-state index contributed by atoms with van der Waals surface area (Å²) in [5.74, 6) is -0.880. The van der Waals surface area contributed by atoms with Crippen LogP contribution in [0.3, 0.4) is 0 Å². The van der Waals surface area contributed by atoms with Gasteiger partial charge in [0, 0.05) is 28.2 Å². The lowest BCUT2D eigenvalue weighted by atomic mass is 10.1. The molecule has 35 heavy (non-hydrogen) atoms. The van der Waals surface area contributed by atoms with Crippen LogP contribution >= 0.6 is 23.2 Å². The lowest BCUT2D eigenvalue weighted by molar-refractivity contribution is -0.140. The minimum Gasteiger partial charge on any atom is -0.352 e. The lowest BCUT2D eigenvalue weighted by Gasteiger charge is -2.34. The molecule has 0 heterocycles. The van der Waals surface area contributed by atoms with Crippen molar-refractivity contribution in [2.45, 2.75) is 59.7 Å². The molecule has 0 aliphatic heterocycles. The Hall–Kier alpha value is -2.29. The van der Waals surface area contributed by atoms with Crippen LogP contribution < -0.4 is 9.62 Å². The van der Waals surface area contributed by atoms with Crippen LogP contribution in [0, 0.1) is 13.8 Å². The predicted octanol–water partition coefficient (Wildman–Crippen LogP) is 4.71. The summed E-state index contributed by atoms with van der Waals surface area (Å²) in [4.78, 5) is 28.1. The Labute approximate surface area is 218 Å². The maximum atomic E-state index is 13.7. The van der Waals surface area contributed by atoms with E-state index < -0.39 is 28.5 Å². The van der Waals surface area contributed by atoms with Crippen LogP contribution in [0.4, 0.5) is 5.69 Å². The summed E-state index contributed by atoms with van der Waals surface area (Å²) in [5, 5.41) is 3.55. The van der Waals surface area contributed by atoms with Crippen molar-refractivity contribution in [2.24, 2.45) is 0 Å². The summed E-state index contributed by atoms with van der Waals surface area (Å²) in [6.45, 7) is 8.59. The minimum absolute atomic E-state index is 0.0498. The lowest BCUT2D eigenvalue weighted by Crippen LogP contribution is -2.53. The van der Waals surface area contributed by atoms with Crippen LogP contribution in [0.25, 0.3) is 0 Å². The number of halogens is 2. The highest BCUT2D eigenvalue weighted by Crippen LogP contribution is 2.29. The Kier molecular flexibility index (Phi) is 10.0. The first kappa shape index (κ1) is 28.9. The zero-order valence-electron chi connectivity index (χ0n) is 20.9. The quantitative estimate of drug-likeness (QED) is 0.471. The Balaban J connectivity index is 2.55. The van der Waals surface area contributed by atoms with Crippen molar-refractivity contribution < 1.29 is 18.0 Å². The Morgan fingerprint density at radius 1 is 1.03 bits per heavy atom. The number of nitrogens with one attached hydrogen (secondary N) is 1. The fourth-order valence-corrected chi connectivity index (χ4v) is 5.17. The molecule has 0 bridgehead atoms. The van der Waals surface area contributed by atoms with Crippen LogP contribution in [0.5, 0.6) is 0 Å². The first-order chi connectivity index (χ1) is 16.3. The van der Waals surface area contributed by atoms with Gasteiger partial charge in [-0.2, -0.15) is 0 Å². The average molecular weight is 543 g/mol.